The summed E-state index contributed by atoms with van der Waals surface area (Å²) in [5.74, 6) is -1.36. The lowest BCUT2D eigenvalue weighted by Crippen LogP contribution is -2.38. The predicted molar refractivity (Wildman–Crippen MR) is 112 cm³/mol. The van der Waals surface area contributed by atoms with Gasteiger partial charge in [0, 0.05) is 29.3 Å². The normalized spacial score (nSPS) is 26.4. The lowest BCUT2D eigenvalue weighted by Gasteiger charge is -2.39. The minimum atomic E-state index is -0.416. The lowest BCUT2D eigenvalue weighted by molar-refractivity contribution is 0.0704. The van der Waals surface area contributed by atoms with E-state index >= 15 is 0 Å². The highest BCUT2D eigenvalue weighted by Gasteiger charge is 2.51. The first-order chi connectivity index (χ1) is 14.1. The average molecular weight is 403 g/mol. The number of amides is 1. The van der Waals surface area contributed by atoms with Crippen LogP contribution in [0.1, 0.15) is 82.2 Å². The molecule has 5 nitrogen and oxygen atoms in total. The summed E-state index contributed by atoms with van der Waals surface area (Å²) in [4.78, 5) is 41.2. The van der Waals surface area contributed by atoms with Crippen molar-refractivity contribution in [1.82, 2.24) is 4.90 Å². The lowest BCUT2D eigenvalue weighted by atomic mass is 9.65. The number of phenolic OH excluding ortho intramolecular Hbond substituents is 1. The first-order valence-corrected chi connectivity index (χ1v) is 10.5. The number of fused-ring (bicyclic) bond motifs is 4. The van der Waals surface area contributed by atoms with Crippen molar-refractivity contribution in [1.29, 1.82) is 0 Å². The Balaban J connectivity index is 1.56. The highest BCUT2D eigenvalue weighted by Crippen LogP contribution is 2.53. The molecule has 1 N–H and O–H groups in total. The number of hydrogen-bond acceptors (Lipinski definition) is 4. The summed E-state index contributed by atoms with van der Waals surface area (Å²) >= 11 is 0. The molecule has 0 radical (unpaired) electrons. The third-order valence-electron chi connectivity index (χ3n) is 6.97. The molecule has 5 heteroatoms. The van der Waals surface area contributed by atoms with E-state index in [0.29, 0.717) is 12.1 Å². The molecule has 1 saturated carbocycles. The van der Waals surface area contributed by atoms with Gasteiger partial charge in [-0.15, -0.1) is 0 Å². The molecule has 0 aromatic heterocycles. The van der Waals surface area contributed by atoms with Gasteiger partial charge in [0.15, 0.2) is 11.6 Å². The zero-order valence-electron chi connectivity index (χ0n) is 17.5. The minimum absolute atomic E-state index is 0.0572. The first-order valence-electron chi connectivity index (χ1n) is 10.5. The van der Waals surface area contributed by atoms with Crippen molar-refractivity contribution in [3.63, 3.8) is 0 Å². The van der Waals surface area contributed by atoms with Crippen LogP contribution >= 0.6 is 0 Å². The molecule has 2 fully saturated rings. The van der Waals surface area contributed by atoms with Gasteiger partial charge < -0.3 is 10.0 Å². The van der Waals surface area contributed by atoms with Gasteiger partial charge in [0.2, 0.25) is 0 Å². The maximum absolute atomic E-state index is 13.5. The topological polar surface area (TPSA) is 74.7 Å². The third-order valence-corrected chi connectivity index (χ3v) is 6.97. The van der Waals surface area contributed by atoms with Crippen LogP contribution in [0, 0.1) is 10.8 Å². The van der Waals surface area contributed by atoms with E-state index in [-0.39, 0.29) is 56.6 Å². The summed E-state index contributed by atoms with van der Waals surface area (Å²) in [6.07, 6.45) is 2.93. The van der Waals surface area contributed by atoms with E-state index in [4.69, 9.17) is 0 Å². The Hall–Kier alpha value is -2.95. The molecule has 2 bridgehead atoms. The van der Waals surface area contributed by atoms with E-state index in [1.807, 2.05) is 4.90 Å². The van der Waals surface area contributed by atoms with E-state index in [0.717, 1.165) is 19.3 Å². The van der Waals surface area contributed by atoms with Gasteiger partial charge in [-0.3, -0.25) is 14.4 Å². The molecular weight excluding hydrogens is 378 g/mol. The third kappa shape index (κ3) is 2.64. The molecule has 1 heterocycles. The van der Waals surface area contributed by atoms with Crippen LogP contribution in [0.5, 0.6) is 5.75 Å². The molecule has 2 aromatic rings. The summed E-state index contributed by atoms with van der Waals surface area (Å²) in [5.41, 5.74) is 1.02. The van der Waals surface area contributed by atoms with Crippen LogP contribution in [-0.2, 0) is 0 Å². The number of hydrogen-bond donors (Lipinski definition) is 1. The zero-order valence-corrected chi connectivity index (χ0v) is 17.5. The molecule has 5 rings (SSSR count). The molecule has 0 spiro atoms. The summed E-state index contributed by atoms with van der Waals surface area (Å²) in [6, 6.07) is 9.71. The first kappa shape index (κ1) is 19.0. The number of nitrogens with zero attached hydrogens (tertiary/aromatic N) is 1. The number of rotatable bonds is 1. The van der Waals surface area contributed by atoms with Crippen molar-refractivity contribution < 1.29 is 19.5 Å². The summed E-state index contributed by atoms with van der Waals surface area (Å²) in [7, 11) is 0. The van der Waals surface area contributed by atoms with Gasteiger partial charge >= 0.3 is 0 Å². The van der Waals surface area contributed by atoms with Crippen molar-refractivity contribution in [3.05, 3.63) is 64.2 Å². The van der Waals surface area contributed by atoms with Crippen LogP contribution in [-0.4, -0.2) is 40.1 Å². The van der Waals surface area contributed by atoms with Gasteiger partial charge in [0.25, 0.3) is 5.91 Å². The van der Waals surface area contributed by atoms with E-state index in [1.54, 1.807) is 24.3 Å². The Morgan fingerprint density at radius 2 is 1.63 bits per heavy atom. The highest BCUT2D eigenvalue weighted by molar-refractivity contribution is 6.30. The molecule has 1 saturated heterocycles. The van der Waals surface area contributed by atoms with Gasteiger partial charge in [-0.1, -0.05) is 45.0 Å². The Morgan fingerprint density at radius 3 is 2.33 bits per heavy atom. The minimum Gasteiger partial charge on any atom is -0.506 e. The number of carbonyl (C=O) groups is 3. The number of phenols is 1. The zero-order chi connectivity index (χ0) is 21.4. The maximum atomic E-state index is 13.5. The molecule has 0 unspecified atom stereocenters. The quantitative estimate of drug-likeness (QED) is 0.661. The van der Waals surface area contributed by atoms with Crippen LogP contribution in [0.3, 0.4) is 0 Å². The van der Waals surface area contributed by atoms with Gasteiger partial charge in [-0.2, -0.15) is 0 Å². The predicted octanol–water partition coefficient (Wildman–Crippen LogP) is 4.21. The van der Waals surface area contributed by atoms with E-state index in [2.05, 4.69) is 20.8 Å². The Bertz CT molecular complexity index is 1130. The van der Waals surface area contributed by atoms with Crippen molar-refractivity contribution in [3.8, 4) is 5.75 Å². The summed E-state index contributed by atoms with van der Waals surface area (Å²) in [6.45, 7) is 7.35. The number of likely N-dealkylation sites (tertiary alicyclic amines) is 1. The summed E-state index contributed by atoms with van der Waals surface area (Å²) < 4.78 is 0. The molecule has 30 heavy (non-hydrogen) atoms. The molecule has 154 valence electrons. The van der Waals surface area contributed by atoms with Crippen LogP contribution < -0.4 is 0 Å². The fourth-order valence-electron chi connectivity index (χ4n) is 6.19. The summed E-state index contributed by atoms with van der Waals surface area (Å²) in [5, 5.41) is 11.0. The monoisotopic (exact) mass is 403 g/mol. The molecule has 3 aliphatic rings. The number of carbonyl (C=O) groups excluding carboxylic acids is 3. The Kier molecular flexibility index (Phi) is 3.83. The number of benzene rings is 2. The van der Waals surface area contributed by atoms with E-state index in [9.17, 15) is 19.5 Å². The largest absolute Gasteiger partial charge is 0.506 e. The fourth-order valence-corrected chi connectivity index (χ4v) is 6.19. The smallest absolute Gasteiger partial charge is 0.257 e. The SMILES string of the molecule is CC1(C)C[C@H]2C[C@](C)(CN2C(=O)c2ccc3c(c2O)C(=O)c2ccccc2C3=O)C1. The molecule has 1 aliphatic heterocycles. The van der Waals surface area contributed by atoms with Crippen LogP contribution in [0.25, 0.3) is 0 Å². The van der Waals surface area contributed by atoms with Crippen molar-refractivity contribution in [2.75, 3.05) is 6.54 Å². The second-order valence-electron chi connectivity index (χ2n) is 10.2. The Morgan fingerprint density at radius 1 is 0.967 bits per heavy atom. The van der Waals surface area contributed by atoms with Gasteiger partial charge in [0.1, 0.15) is 5.75 Å². The fraction of sp³-hybridized carbons (Fsp3) is 0.400. The standard InChI is InChI=1S/C25H25NO4/c1-24(2)10-14-11-25(3,12-24)13-26(14)23(30)18-9-8-17-19(22(18)29)21(28)16-7-5-4-6-15(16)20(17)27/h4-9,14,29H,10-13H2,1-3H3/t14-,25-/m0/s1. The van der Waals surface area contributed by atoms with Gasteiger partial charge in [-0.25, -0.2) is 0 Å². The second kappa shape index (κ2) is 6.03. The van der Waals surface area contributed by atoms with E-state index < -0.39 is 5.78 Å². The maximum Gasteiger partial charge on any atom is 0.257 e. The van der Waals surface area contributed by atoms with Gasteiger partial charge in [-0.05, 0) is 42.2 Å². The van der Waals surface area contributed by atoms with Crippen LogP contribution in [0.4, 0.5) is 0 Å². The number of aromatic hydroxyl groups is 1. The van der Waals surface area contributed by atoms with Crippen molar-refractivity contribution in [2.24, 2.45) is 10.8 Å². The molecule has 2 atom stereocenters. The Labute approximate surface area is 175 Å². The molecular formula is C25H25NO4. The van der Waals surface area contributed by atoms with Crippen molar-refractivity contribution >= 4 is 17.5 Å². The molecule has 2 aliphatic carbocycles. The number of ketones is 2. The highest BCUT2D eigenvalue weighted by atomic mass is 16.3. The second-order valence-corrected chi connectivity index (χ2v) is 10.2. The molecule has 1 amide bonds. The molecule has 2 aromatic carbocycles. The van der Waals surface area contributed by atoms with Crippen molar-refractivity contribution in [2.45, 2.75) is 46.1 Å². The average Bonchev–Trinajstić information content (AvgIpc) is 2.94. The van der Waals surface area contributed by atoms with Gasteiger partial charge in [0.05, 0.1) is 11.1 Å². The van der Waals surface area contributed by atoms with E-state index in [1.165, 1.54) is 12.1 Å². The van der Waals surface area contributed by atoms with Crippen LogP contribution in [0.15, 0.2) is 36.4 Å². The van der Waals surface area contributed by atoms with Crippen LogP contribution in [0.2, 0.25) is 0 Å².